The molecule has 2 saturated carbocycles. The maximum Gasteiger partial charge on any atom is 0.191 e. The van der Waals surface area contributed by atoms with E-state index in [1.165, 1.54) is 25.7 Å². The van der Waals surface area contributed by atoms with E-state index in [4.69, 9.17) is 5.73 Å². The van der Waals surface area contributed by atoms with Crippen LogP contribution < -0.4 is 5.73 Å². The molecule has 3 N–H and O–H groups in total. The van der Waals surface area contributed by atoms with Gasteiger partial charge in [0.05, 0.1) is 11.9 Å². The van der Waals surface area contributed by atoms with E-state index in [1.807, 2.05) is 6.92 Å². The molecule has 3 rings (SSSR count). The summed E-state index contributed by atoms with van der Waals surface area (Å²) in [6.07, 6.45) is 4.94. The Balaban J connectivity index is 1.82. The smallest absolute Gasteiger partial charge is 0.191 e. The standard InChI is InChI=1S/C12H20N4OS/c1-7(13)10(6-17)18-12-15-14-11(8-2-3-8)16(12)9-4-5-9/h7-10,17H,2-6,13H2,1H3. The third kappa shape index (κ3) is 2.41. The van der Waals surface area contributed by atoms with Gasteiger partial charge in [-0.3, -0.25) is 0 Å². The maximum absolute atomic E-state index is 9.37. The summed E-state index contributed by atoms with van der Waals surface area (Å²) < 4.78 is 2.30. The van der Waals surface area contributed by atoms with Gasteiger partial charge in [-0.1, -0.05) is 11.8 Å². The van der Waals surface area contributed by atoms with Gasteiger partial charge in [0.25, 0.3) is 0 Å². The van der Waals surface area contributed by atoms with Crippen molar-refractivity contribution in [2.24, 2.45) is 5.73 Å². The highest BCUT2D eigenvalue weighted by atomic mass is 32.2. The van der Waals surface area contributed by atoms with E-state index < -0.39 is 0 Å². The van der Waals surface area contributed by atoms with Crippen molar-refractivity contribution in [3.8, 4) is 0 Å². The van der Waals surface area contributed by atoms with Crippen LogP contribution in [-0.2, 0) is 0 Å². The van der Waals surface area contributed by atoms with Gasteiger partial charge in [0.2, 0.25) is 0 Å². The van der Waals surface area contributed by atoms with E-state index in [2.05, 4.69) is 14.8 Å². The van der Waals surface area contributed by atoms with Crippen LogP contribution in [0.5, 0.6) is 0 Å². The molecule has 2 aliphatic rings. The highest BCUT2D eigenvalue weighted by Crippen LogP contribution is 2.46. The van der Waals surface area contributed by atoms with E-state index in [0.29, 0.717) is 12.0 Å². The Morgan fingerprint density at radius 2 is 2.11 bits per heavy atom. The Morgan fingerprint density at radius 3 is 2.61 bits per heavy atom. The van der Waals surface area contributed by atoms with Gasteiger partial charge < -0.3 is 15.4 Å². The number of aliphatic hydroxyl groups is 1. The zero-order chi connectivity index (χ0) is 12.7. The number of hydrogen-bond donors (Lipinski definition) is 2. The minimum Gasteiger partial charge on any atom is -0.395 e. The van der Waals surface area contributed by atoms with Crippen molar-refractivity contribution in [1.29, 1.82) is 0 Å². The van der Waals surface area contributed by atoms with Crippen LogP contribution in [0.15, 0.2) is 5.16 Å². The van der Waals surface area contributed by atoms with Crippen molar-refractivity contribution >= 4 is 11.8 Å². The molecule has 1 heterocycles. The number of nitrogens with two attached hydrogens (primary N) is 1. The number of hydrogen-bond acceptors (Lipinski definition) is 5. The minimum atomic E-state index is -0.0475. The van der Waals surface area contributed by atoms with Gasteiger partial charge in [-0.05, 0) is 32.6 Å². The summed E-state index contributed by atoms with van der Waals surface area (Å²) in [6.45, 7) is 2.01. The third-order valence-corrected chi connectivity index (χ3v) is 4.94. The highest BCUT2D eigenvalue weighted by Gasteiger charge is 2.37. The number of aromatic nitrogens is 3. The van der Waals surface area contributed by atoms with Crippen LogP contribution in [0.1, 0.15) is 50.4 Å². The van der Waals surface area contributed by atoms with E-state index in [9.17, 15) is 5.11 Å². The molecule has 0 aromatic carbocycles. The van der Waals surface area contributed by atoms with Crippen LogP contribution >= 0.6 is 11.8 Å². The molecule has 1 aromatic heterocycles. The molecule has 2 aliphatic carbocycles. The van der Waals surface area contributed by atoms with E-state index in [1.54, 1.807) is 11.8 Å². The Kier molecular flexibility index (Phi) is 3.34. The fraction of sp³-hybridized carbons (Fsp3) is 0.833. The monoisotopic (exact) mass is 268 g/mol. The first-order valence-corrected chi connectivity index (χ1v) is 7.56. The van der Waals surface area contributed by atoms with Crippen LogP contribution in [0.4, 0.5) is 0 Å². The van der Waals surface area contributed by atoms with Crippen molar-refractivity contribution in [3.05, 3.63) is 5.82 Å². The Labute approximate surface area is 111 Å². The zero-order valence-electron chi connectivity index (χ0n) is 10.6. The van der Waals surface area contributed by atoms with Crippen molar-refractivity contribution < 1.29 is 5.11 Å². The summed E-state index contributed by atoms with van der Waals surface area (Å²) in [4.78, 5) is 0. The SMILES string of the molecule is CC(N)C(CO)Sc1nnc(C2CC2)n1C1CC1. The highest BCUT2D eigenvalue weighted by molar-refractivity contribution is 7.99. The van der Waals surface area contributed by atoms with Crippen LogP contribution in [0.2, 0.25) is 0 Å². The summed E-state index contributed by atoms with van der Waals surface area (Å²) in [5.74, 6) is 1.77. The fourth-order valence-electron chi connectivity index (χ4n) is 2.11. The van der Waals surface area contributed by atoms with E-state index in [-0.39, 0.29) is 17.9 Å². The summed E-state index contributed by atoms with van der Waals surface area (Å²) in [5, 5.41) is 19.0. The minimum absolute atomic E-state index is 0.00115. The average Bonchev–Trinajstić information content (AvgIpc) is 3.24. The molecule has 2 fully saturated rings. The van der Waals surface area contributed by atoms with Crippen molar-refractivity contribution in [1.82, 2.24) is 14.8 Å². The summed E-state index contributed by atoms with van der Waals surface area (Å²) >= 11 is 1.57. The lowest BCUT2D eigenvalue weighted by atomic mass is 10.3. The van der Waals surface area contributed by atoms with Gasteiger partial charge in [0, 0.05) is 18.0 Å². The molecule has 100 valence electrons. The topological polar surface area (TPSA) is 77.0 Å². The second-order valence-corrected chi connectivity index (χ2v) is 6.62. The van der Waals surface area contributed by atoms with Gasteiger partial charge in [0.15, 0.2) is 5.16 Å². The Hall–Kier alpha value is -0.590. The molecule has 2 unspecified atom stereocenters. The van der Waals surface area contributed by atoms with Gasteiger partial charge in [0.1, 0.15) is 5.82 Å². The lowest BCUT2D eigenvalue weighted by Crippen LogP contribution is -2.32. The first-order chi connectivity index (χ1) is 8.70. The second-order valence-electron chi connectivity index (χ2n) is 5.41. The molecule has 6 heteroatoms. The van der Waals surface area contributed by atoms with E-state index >= 15 is 0 Å². The van der Waals surface area contributed by atoms with Gasteiger partial charge >= 0.3 is 0 Å². The normalized spacial score (nSPS) is 23.1. The fourth-order valence-corrected chi connectivity index (χ4v) is 3.11. The Morgan fingerprint density at radius 1 is 1.39 bits per heavy atom. The molecular weight excluding hydrogens is 248 g/mol. The van der Waals surface area contributed by atoms with Crippen LogP contribution in [0.25, 0.3) is 0 Å². The molecule has 0 amide bonds. The zero-order valence-corrected chi connectivity index (χ0v) is 11.4. The number of aliphatic hydroxyl groups excluding tert-OH is 1. The van der Waals surface area contributed by atoms with Gasteiger partial charge in [-0.15, -0.1) is 10.2 Å². The van der Waals surface area contributed by atoms with Crippen LogP contribution in [0.3, 0.4) is 0 Å². The molecule has 0 bridgehead atoms. The summed E-state index contributed by atoms with van der Waals surface area (Å²) in [5.41, 5.74) is 5.88. The molecule has 0 saturated heterocycles. The molecule has 0 spiro atoms. The predicted molar refractivity (Wildman–Crippen MR) is 70.6 cm³/mol. The first kappa shape index (κ1) is 12.4. The molecule has 2 atom stereocenters. The third-order valence-electron chi connectivity index (χ3n) is 3.57. The first-order valence-electron chi connectivity index (χ1n) is 6.68. The van der Waals surface area contributed by atoms with Gasteiger partial charge in [-0.2, -0.15) is 0 Å². The average molecular weight is 268 g/mol. The lowest BCUT2D eigenvalue weighted by molar-refractivity contribution is 0.285. The molecule has 1 aromatic rings. The van der Waals surface area contributed by atoms with Crippen molar-refractivity contribution in [3.63, 3.8) is 0 Å². The molecule has 18 heavy (non-hydrogen) atoms. The Bertz CT molecular complexity index is 426. The summed E-state index contributed by atoms with van der Waals surface area (Å²) in [7, 11) is 0. The quantitative estimate of drug-likeness (QED) is 0.760. The van der Waals surface area contributed by atoms with Crippen LogP contribution in [-0.4, -0.2) is 37.8 Å². The van der Waals surface area contributed by atoms with Crippen molar-refractivity contribution in [2.75, 3.05) is 6.61 Å². The largest absolute Gasteiger partial charge is 0.395 e. The van der Waals surface area contributed by atoms with Crippen molar-refractivity contribution in [2.45, 2.75) is 61.0 Å². The molecular formula is C12H20N4OS. The maximum atomic E-state index is 9.37. The summed E-state index contributed by atoms with van der Waals surface area (Å²) in [6, 6.07) is 0.541. The number of nitrogens with zero attached hydrogens (tertiary/aromatic N) is 3. The lowest BCUT2D eigenvalue weighted by Gasteiger charge is -2.17. The van der Waals surface area contributed by atoms with E-state index in [0.717, 1.165) is 11.0 Å². The number of rotatable bonds is 6. The molecule has 0 radical (unpaired) electrons. The second kappa shape index (κ2) is 4.83. The van der Waals surface area contributed by atoms with Crippen LogP contribution in [0, 0.1) is 0 Å². The predicted octanol–water partition coefficient (Wildman–Crippen LogP) is 1.29. The molecule has 0 aliphatic heterocycles. The molecule has 5 nitrogen and oxygen atoms in total. The van der Waals surface area contributed by atoms with Gasteiger partial charge in [-0.25, -0.2) is 0 Å². The number of thioether (sulfide) groups is 1.